The van der Waals surface area contributed by atoms with E-state index >= 15 is 0 Å². The van der Waals surface area contributed by atoms with Gasteiger partial charge in [-0.2, -0.15) is 0 Å². The van der Waals surface area contributed by atoms with E-state index in [4.69, 9.17) is 57.3 Å². The molecule has 0 rings (SSSR count). The molecule has 0 aliphatic carbocycles. The van der Waals surface area contributed by atoms with Gasteiger partial charge in [-0.3, -0.25) is 15.1 Å². The molecule has 0 spiro atoms. The van der Waals surface area contributed by atoms with E-state index in [1.165, 1.54) is 0 Å². The molecule has 22 N–H and O–H groups in total. The van der Waals surface area contributed by atoms with Crippen molar-refractivity contribution in [2.75, 3.05) is 66.4 Å². The Labute approximate surface area is 203 Å². The molecule has 0 aliphatic heterocycles. The van der Waals surface area contributed by atoms with Gasteiger partial charge in [-0.25, -0.2) is 0 Å². The summed E-state index contributed by atoms with van der Waals surface area (Å²) in [5.74, 6) is 0. The van der Waals surface area contributed by atoms with Crippen molar-refractivity contribution < 1.29 is 0 Å². The van der Waals surface area contributed by atoms with Crippen LogP contribution in [0.5, 0.6) is 0 Å². The molecule has 0 aromatic carbocycles. The number of nitrogens with one attached hydrogen (secondary N) is 2. The van der Waals surface area contributed by atoms with Crippen molar-refractivity contribution in [3.8, 4) is 0 Å². The second-order valence-corrected chi connectivity index (χ2v) is 6.61. The van der Waals surface area contributed by atoms with Crippen molar-refractivity contribution in [3.63, 3.8) is 0 Å². The molecule has 0 fully saturated rings. The summed E-state index contributed by atoms with van der Waals surface area (Å²) in [7, 11) is 0. The van der Waals surface area contributed by atoms with Gasteiger partial charge < -0.3 is 62.7 Å². The van der Waals surface area contributed by atoms with Crippen molar-refractivity contribution in [2.24, 2.45) is 57.3 Å². The van der Waals surface area contributed by atoms with E-state index in [9.17, 15) is 0 Å². The van der Waals surface area contributed by atoms with Crippen molar-refractivity contribution in [1.29, 1.82) is 0 Å². The minimum Gasteiger partial charge on any atom is -0.328 e. The van der Waals surface area contributed by atoms with E-state index in [0.29, 0.717) is 65.4 Å². The van der Waals surface area contributed by atoms with E-state index < -0.39 is 0 Å². The van der Waals surface area contributed by atoms with Crippen LogP contribution in [0.3, 0.4) is 0 Å². The average molecular weight is 487 g/mol. The maximum absolute atomic E-state index is 5.67. The van der Waals surface area contributed by atoms with Gasteiger partial charge in [-0.1, -0.05) is 27.7 Å². The summed E-state index contributed by atoms with van der Waals surface area (Å²) in [4.78, 5) is 3.64. The molecule has 0 amide bonds. The maximum Gasteiger partial charge on any atom is 0.0479 e. The van der Waals surface area contributed by atoms with E-state index in [1.54, 1.807) is 4.90 Å². The van der Waals surface area contributed by atoms with Crippen LogP contribution in [-0.4, -0.2) is 88.3 Å². The van der Waals surface area contributed by atoms with E-state index in [1.807, 2.05) is 18.7 Å². The van der Waals surface area contributed by atoms with Gasteiger partial charge in [0.2, 0.25) is 0 Å². The molecule has 0 aromatic rings. The lowest BCUT2D eigenvalue weighted by Gasteiger charge is -2.13. The van der Waals surface area contributed by atoms with Crippen LogP contribution in [0, 0.1) is 0 Å². The third-order valence-electron chi connectivity index (χ3n) is 4.08. The molecule has 0 heterocycles. The van der Waals surface area contributed by atoms with Crippen LogP contribution in [0.1, 0.15) is 47.0 Å². The quantitative estimate of drug-likeness (QED) is 0.104. The van der Waals surface area contributed by atoms with Crippen LogP contribution in [-0.2, 0) is 0 Å². The predicted molar refractivity (Wildman–Crippen MR) is 145 cm³/mol. The van der Waals surface area contributed by atoms with E-state index in [-0.39, 0.29) is 0 Å². The zero-order chi connectivity index (χ0) is 26.9. The van der Waals surface area contributed by atoms with Gasteiger partial charge in [-0.15, -0.1) is 0 Å². The lowest BCUT2D eigenvalue weighted by atomic mass is 10.1. The SMILES string of the molecule is CCC(N)CC(N)CC.CCN(CN)CN.CCNCN.NCN(CN)CN.NCNCN. The summed E-state index contributed by atoms with van der Waals surface area (Å²) >= 11 is 0. The maximum atomic E-state index is 5.67. The summed E-state index contributed by atoms with van der Waals surface area (Å²) < 4.78 is 0. The van der Waals surface area contributed by atoms with Crippen molar-refractivity contribution in [1.82, 2.24) is 20.4 Å². The molecule has 0 radical (unpaired) electrons. The highest BCUT2D eigenvalue weighted by molar-refractivity contribution is 4.67. The molecule has 2 atom stereocenters. The first-order valence-corrected chi connectivity index (χ1v) is 11.7. The molecule has 14 nitrogen and oxygen atoms in total. The van der Waals surface area contributed by atoms with Gasteiger partial charge >= 0.3 is 0 Å². The normalized spacial score (nSPS) is 11.6. The molecule has 0 aliphatic rings. The Bertz CT molecular complexity index is 240. The molecule has 14 heteroatoms. The Hall–Kier alpha value is -0.560. The first-order chi connectivity index (χ1) is 15.7. The van der Waals surface area contributed by atoms with Gasteiger partial charge in [0.05, 0.1) is 0 Å². The number of rotatable bonds is 14. The third kappa shape index (κ3) is 49.6. The molecule has 2 unspecified atom stereocenters. The number of nitrogens with two attached hydrogens (primary N) is 10. The molecular weight excluding hydrogens is 424 g/mol. The van der Waals surface area contributed by atoms with Crippen LogP contribution >= 0.6 is 0 Å². The largest absolute Gasteiger partial charge is 0.328 e. The summed E-state index contributed by atoms with van der Waals surface area (Å²) in [5.41, 5.74) is 52.2. The van der Waals surface area contributed by atoms with E-state index in [0.717, 1.165) is 32.4 Å². The Morgan fingerprint density at radius 3 is 0.939 bits per heavy atom. The van der Waals surface area contributed by atoms with Crippen molar-refractivity contribution in [3.05, 3.63) is 0 Å². The Morgan fingerprint density at radius 2 is 0.879 bits per heavy atom. The highest BCUT2D eigenvalue weighted by Gasteiger charge is 2.04. The number of hydrogen-bond acceptors (Lipinski definition) is 14. The Balaban J connectivity index is -0.000000101. The smallest absolute Gasteiger partial charge is 0.0479 e. The lowest BCUT2D eigenvalue weighted by molar-refractivity contribution is 0.299. The lowest BCUT2D eigenvalue weighted by Crippen LogP contribution is -2.39. The fraction of sp³-hybridized carbons (Fsp3) is 1.00. The number of hydrogen-bond donors (Lipinski definition) is 12. The van der Waals surface area contributed by atoms with Gasteiger partial charge in [0.25, 0.3) is 0 Å². The minimum absolute atomic E-state index is 0.306. The topological polar surface area (TPSA) is 291 Å². The minimum atomic E-state index is 0.306. The fourth-order valence-electron chi connectivity index (χ4n) is 1.51. The Kier molecular flexibility index (Phi) is 53.8. The molecule has 0 bridgehead atoms. The fourth-order valence-corrected chi connectivity index (χ4v) is 1.51. The average Bonchev–Trinajstić information content (AvgIpc) is 2.84. The highest BCUT2D eigenvalue weighted by atomic mass is 15.2. The van der Waals surface area contributed by atoms with Crippen LogP contribution < -0.4 is 68.0 Å². The summed E-state index contributed by atoms with van der Waals surface area (Å²) in [5, 5.41) is 5.56. The summed E-state index contributed by atoms with van der Waals surface area (Å²) in [6.45, 7) is 14.1. The molecule has 0 aromatic heterocycles. The molecule has 0 saturated heterocycles. The van der Waals surface area contributed by atoms with Gasteiger partial charge in [0.1, 0.15) is 0 Å². The zero-order valence-electron chi connectivity index (χ0n) is 22.0. The molecule has 0 saturated carbocycles. The highest BCUT2D eigenvalue weighted by Crippen LogP contribution is 1.99. The van der Waals surface area contributed by atoms with E-state index in [2.05, 4.69) is 24.5 Å². The monoisotopic (exact) mass is 487 g/mol. The standard InChI is InChI=1S/C7H18N2.C4H13N3.C3H12N4.C3H10N2.C2H9N3/c1-3-6(8)5-7(9)4-2;1-2-7(3-5)4-6;4-1-7(2-5)3-6;1-2-5-3-4;3-1-5-2-4/h6-7H,3-5,8-9H2,1-2H3;2-6H2,1H3;1-6H2;5H,2-4H2,1H3;5H,1-4H2. The molecular formula is C19H62N14. The Morgan fingerprint density at radius 1 is 0.545 bits per heavy atom. The van der Waals surface area contributed by atoms with Gasteiger partial charge in [0, 0.05) is 65.4 Å². The van der Waals surface area contributed by atoms with Crippen LogP contribution in [0.2, 0.25) is 0 Å². The molecule has 33 heavy (non-hydrogen) atoms. The first kappa shape index (κ1) is 42.6. The van der Waals surface area contributed by atoms with Crippen LogP contribution in [0.4, 0.5) is 0 Å². The molecule has 208 valence electrons. The van der Waals surface area contributed by atoms with Crippen LogP contribution in [0.15, 0.2) is 0 Å². The third-order valence-corrected chi connectivity index (χ3v) is 4.08. The second kappa shape index (κ2) is 41.7. The van der Waals surface area contributed by atoms with Crippen molar-refractivity contribution in [2.45, 2.75) is 59.0 Å². The van der Waals surface area contributed by atoms with Gasteiger partial charge in [-0.05, 0) is 32.4 Å². The first-order valence-electron chi connectivity index (χ1n) is 11.7. The predicted octanol–water partition coefficient (Wildman–Crippen LogP) is -4.05. The van der Waals surface area contributed by atoms with Crippen LogP contribution in [0.25, 0.3) is 0 Å². The zero-order valence-corrected chi connectivity index (χ0v) is 22.0. The summed E-state index contributed by atoms with van der Waals surface area (Å²) in [6, 6.07) is 0.611. The van der Waals surface area contributed by atoms with Gasteiger partial charge in [0.15, 0.2) is 0 Å². The second-order valence-electron chi connectivity index (χ2n) is 6.61. The number of nitrogens with zero attached hydrogens (tertiary/aromatic N) is 2. The summed E-state index contributed by atoms with van der Waals surface area (Å²) in [6.07, 6.45) is 3.04. The van der Waals surface area contributed by atoms with Crippen molar-refractivity contribution >= 4 is 0 Å².